The molecule has 3 rings (SSSR count). The highest BCUT2D eigenvalue weighted by molar-refractivity contribution is 5.93. The van der Waals surface area contributed by atoms with E-state index in [-0.39, 0.29) is 11.9 Å². The molecule has 18 heavy (non-hydrogen) atoms. The molecule has 92 valence electrons. The molecule has 2 heterocycles. The molecule has 0 spiro atoms. The number of amides is 1. The zero-order valence-electron chi connectivity index (χ0n) is 9.81. The fourth-order valence-corrected chi connectivity index (χ4v) is 2.42. The van der Waals surface area contributed by atoms with Crippen LogP contribution < -0.4 is 11.1 Å². The number of rotatable bonds is 2. The maximum atomic E-state index is 11.2. The first-order valence-corrected chi connectivity index (χ1v) is 5.91. The largest absolute Gasteiger partial charge is 0.366 e. The second kappa shape index (κ2) is 4.27. The molecular weight excluding hydrogens is 228 g/mol. The highest BCUT2D eigenvalue weighted by Crippen LogP contribution is 2.28. The van der Waals surface area contributed by atoms with Gasteiger partial charge in [0, 0.05) is 18.3 Å². The van der Waals surface area contributed by atoms with Crippen LogP contribution in [0.3, 0.4) is 0 Å². The number of carbonyl (C=O) groups excluding carboxylic acids is 1. The highest BCUT2D eigenvalue weighted by atomic mass is 16.1. The van der Waals surface area contributed by atoms with Gasteiger partial charge in [-0.15, -0.1) is 0 Å². The molecule has 1 unspecified atom stereocenters. The lowest BCUT2D eigenvalue weighted by molar-refractivity contribution is 0.1000. The molecule has 5 heteroatoms. The molecule has 5 nitrogen and oxygen atoms in total. The Morgan fingerprint density at radius 2 is 2.28 bits per heavy atom. The smallest absolute Gasteiger partial charge is 0.248 e. The monoisotopic (exact) mass is 242 g/mol. The van der Waals surface area contributed by atoms with Crippen molar-refractivity contribution in [1.29, 1.82) is 0 Å². The number of hydrogen-bond acceptors (Lipinski definition) is 3. The van der Waals surface area contributed by atoms with Crippen LogP contribution in [0.15, 0.2) is 30.5 Å². The topological polar surface area (TPSA) is 83.8 Å². The number of hydrogen-bond donors (Lipinski definition) is 3. The van der Waals surface area contributed by atoms with E-state index in [9.17, 15) is 4.79 Å². The number of carbonyl (C=O) groups is 1. The summed E-state index contributed by atoms with van der Waals surface area (Å²) in [5.41, 5.74) is 9.25. The lowest BCUT2D eigenvalue weighted by Gasteiger charge is -2.26. The number of nitrogens with one attached hydrogen (secondary N) is 2. The molecule has 0 saturated heterocycles. The van der Waals surface area contributed by atoms with E-state index < -0.39 is 0 Å². The van der Waals surface area contributed by atoms with Crippen LogP contribution in [0.2, 0.25) is 0 Å². The Balaban J connectivity index is 2.04. The summed E-state index contributed by atoms with van der Waals surface area (Å²) in [5.74, 6) is -0.380. The molecule has 2 aromatic rings. The predicted molar refractivity (Wildman–Crippen MR) is 67.1 cm³/mol. The maximum absolute atomic E-state index is 11.2. The van der Waals surface area contributed by atoms with Crippen LogP contribution in [0.5, 0.6) is 0 Å². The molecule has 1 aromatic carbocycles. The molecule has 0 aliphatic carbocycles. The normalized spacial score (nSPS) is 18.3. The van der Waals surface area contributed by atoms with Gasteiger partial charge in [0.05, 0.1) is 11.7 Å². The number of primary amides is 1. The molecule has 0 fully saturated rings. The van der Waals surface area contributed by atoms with Gasteiger partial charge in [-0.2, -0.15) is 5.10 Å². The second-order valence-electron chi connectivity index (χ2n) is 4.43. The van der Waals surface area contributed by atoms with Crippen LogP contribution in [-0.2, 0) is 6.42 Å². The van der Waals surface area contributed by atoms with Crippen molar-refractivity contribution in [3.8, 4) is 0 Å². The summed E-state index contributed by atoms with van der Waals surface area (Å²) in [5, 5.41) is 10.4. The summed E-state index contributed by atoms with van der Waals surface area (Å²) in [6.45, 7) is 0.874. The quantitative estimate of drug-likeness (QED) is 0.726. The van der Waals surface area contributed by atoms with E-state index in [4.69, 9.17) is 5.73 Å². The van der Waals surface area contributed by atoms with Gasteiger partial charge in [-0.3, -0.25) is 9.89 Å². The number of benzene rings is 1. The summed E-state index contributed by atoms with van der Waals surface area (Å²) in [6, 6.07) is 7.69. The zero-order valence-corrected chi connectivity index (χ0v) is 9.81. The third kappa shape index (κ3) is 1.78. The van der Waals surface area contributed by atoms with E-state index in [1.807, 2.05) is 18.2 Å². The lowest BCUT2D eigenvalue weighted by Crippen LogP contribution is -2.31. The minimum absolute atomic E-state index is 0.109. The van der Waals surface area contributed by atoms with Crippen molar-refractivity contribution in [3.63, 3.8) is 0 Å². The first kappa shape index (κ1) is 11.0. The predicted octanol–water partition coefficient (Wildman–Crippen LogP) is 0.744. The van der Waals surface area contributed by atoms with Crippen molar-refractivity contribution in [1.82, 2.24) is 15.5 Å². The van der Waals surface area contributed by atoms with E-state index in [0.29, 0.717) is 5.56 Å². The van der Waals surface area contributed by atoms with E-state index in [0.717, 1.165) is 18.7 Å². The first-order chi connectivity index (χ1) is 8.75. The van der Waals surface area contributed by atoms with Crippen molar-refractivity contribution < 1.29 is 4.79 Å². The van der Waals surface area contributed by atoms with E-state index in [1.165, 1.54) is 11.1 Å². The number of aromatic nitrogens is 2. The Morgan fingerprint density at radius 3 is 3.00 bits per heavy atom. The molecule has 0 radical (unpaired) electrons. The first-order valence-electron chi connectivity index (χ1n) is 5.91. The Bertz CT molecular complexity index is 577. The fourth-order valence-electron chi connectivity index (χ4n) is 2.42. The zero-order chi connectivity index (χ0) is 12.5. The Morgan fingerprint density at radius 1 is 1.39 bits per heavy atom. The van der Waals surface area contributed by atoms with Gasteiger partial charge in [0.2, 0.25) is 5.91 Å². The van der Waals surface area contributed by atoms with E-state index >= 15 is 0 Å². The summed E-state index contributed by atoms with van der Waals surface area (Å²) in [7, 11) is 0. The molecule has 1 aliphatic rings. The van der Waals surface area contributed by atoms with Crippen LogP contribution in [-0.4, -0.2) is 22.6 Å². The van der Waals surface area contributed by atoms with Gasteiger partial charge in [0.25, 0.3) is 0 Å². The van der Waals surface area contributed by atoms with E-state index in [1.54, 1.807) is 12.3 Å². The Hall–Kier alpha value is -2.14. The minimum Gasteiger partial charge on any atom is -0.366 e. The molecule has 1 amide bonds. The van der Waals surface area contributed by atoms with Crippen molar-refractivity contribution in [2.24, 2.45) is 5.73 Å². The van der Waals surface area contributed by atoms with Crippen LogP contribution in [0.4, 0.5) is 0 Å². The molecule has 1 atom stereocenters. The summed E-state index contributed by atoms with van der Waals surface area (Å²) < 4.78 is 0. The Labute approximate surface area is 104 Å². The van der Waals surface area contributed by atoms with Crippen molar-refractivity contribution in [3.05, 3.63) is 52.8 Å². The molecule has 4 N–H and O–H groups in total. The molecule has 1 aromatic heterocycles. The number of fused-ring (bicyclic) bond motifs is 1. The fraction of sp³-hybridized carbons (Fsp3) is 0.231. The highest BCUT2D eigenvalue weighted by Gasteiger charge is 2.22. The summed E-state index contributed by atoms with van der Waals surface area (Å²) in [4.78, 5) is 11.2. The van der Waals surface area contributed by atoms with Gasteiger partial charge >= 0.3 is 0 Å². The standard InChI is InChI=1S/C13H14N4O/c14-13(18)9-1-2-10-8(7-9)3-5-15-12(10)11-4-6-16-17-11/h1-2,4,6-7,12,15H,3,5H2,(H2,14,18)(H,16,17). The van der Waals surface area contributed by atoms with Gasteiger partial charge < -0.3 is 11.1 Å². The SMILES string of the molecule is NC(=O)c1ccc2c(c1)CCNC2c1ccn[nH]1. The van der Waals surface area contributed by atoms with Crippen LogP contribution in [0.25, 0.3) is 0 Å². The van der Waals surface area contributed by atoms with E-state index in [2.05, 4.69) is 15.5 Å². The van der Waals surface area contributed by atoms with Gasteiger partial charge in [-0.25, -0.2) is 0 Å². The summed E-state index contributed by atoms with van der Waals surface area (Å²) in [6.07, 6.45) is 2.64. The number of H-pyrrole nitrogens is 1. The molecular formula is C13H14N4O. The van der Waals surface area contributed by atoms with Gasteiger partial charge in [0.15, 0.2) is 0 Å². The number of aromatic amines is 1. The van der Waals surface area contributed by atoms with Crippen molar-refractivity contribution in [2.45, 2.75) is 12.5 Å². The second-order valence-corrected chi connectivity index (χ2v) is 4.43. The average Bonchev–Trinajstić information content (AvgIpc) is 2.91. The van der Waals surface area contributed by atoms with Crippen LogP contribution >= 0.6 is 0 Å². The van der Waals surface area contributed by atoms with Crippen molar-refractivity contribution in [2.75, 3.05) is 6.54 Å². The van der Waals surface area contributed by atoms with Crippen LogP contribution in [0.1, 0.15) is 33.2 Å². The third-order valence-corrected chi connectivity index (χ3v) is 3.31. The minimum atomic E-state index is -0.380. The van der Waals surface area contributed by atoms with Gasteiger partial charge in [0.1, 0.15) is 0 Å². The van der Waals surface area contributed by atoms with Gasteiger partial charge in [-0.05, 0) is 35.7 Å². The maximum Gasteiger partial charge on any atom is 0.248 e. The van der Waals surface area contributed by atoms with Gasteiger partial charge in [-0.1, -0.05) is 6.07 Å². The molecule has 1 aliphatic heterocycles. The number of nitrogens with two attached hydrogens (primary N) is 1. The third-order valence-electron chi connectivity index (χ3n) is 3.31. The summed E-state index contributed by atoms with van der Waals surface area (Å²) >= 11 is 0. The molecule has 0 bridgehead atoms. The average molecular weight is 242 g/mol. The Kier molecular flexibility index (Phi) is 2.60. The lowest BCUT2D eigenvalue weighted by atomic mass is 9.91. The van der Waals surface area contributed by atoms with Crippen LogP contribution in [0, 0.1) is 0 Å². The number of nitrogens with zero attached hydrogens (tertiary/aromatic N) is 1. The molecule has 0 saturated carbocycles. The van der Waals surface area contributed by atoms with Crippen molar-refractivity contribution >= 4 is 5.91 Å².